The highest BCUT2D eigenvalue weighted by molar-refractivity contribution is 6.30. The van der Waals surface area contributed by atoms with E-state index in [4.69, 9.17) is 25.5 Å². The van der Waals surface area contributed by atoms with E-state index < -0.39 is 11.7 Å². The van der Waals surface area contributed by atoms with Crippen molar-refractivity contribution >= 4 is 28.3 Å². The van der Waals surface area contributed by atoms with Crippen molar-refractivity contribution in [2.45, 2.75) is 12.5 Å². The SMILES string of the molecule is COc1cc2c(cc1OC)C(c1c(O)c3ccccc3oc1=O)N(c1ccc(Cl)cc1)CC2. The number of hydrogen-bond acceptors (Lipinski definition) is 6. The van der Waals surface area contributed by atoms with E-state index in [1.165, 1.54) is 0 Å². The number of hydrogen-bond donors (Lipinski definition) is 1. The van der Waals surface area contributed by atoms with Crippen molar-refractivity contribution in [2.24, 2.45) is 0 Å². The first-order valence-corrected chi connectivity index (χ1v) is 10.9. The molecule has 0 aliphatic carbocycles. The van der Waals surface area contributed by atoms with Gasteiger partial charge in [-0.2, -0.15) is 0 Å². The summed E-state index contributed by atoms with van der Waals surface area (Å²) in [6, 6.07) is 17.6. The summed E-state index contributed by atoms with van der Waals surface area (Å²) < 4.78 is 16.7. The molecular formula is C26H22ClNO5. The first-order chi connectivity index (χ1) is 16.0. The highest BCUT2D eigenvalue weighted by Gasteiger charge is 2.35. The Morgan fingerprint density at radius 1 is 1.03 bits per heavy atom. The molecule has 1 unspecified atom stereocenters. The topological polar surface area (TPSA) is 72.1 Å². The molecule has 0 bridgehead atoms. The summed E-state index contributed by atoms with van der Waals surface area (Å²) in [6.07, 6.45) is 0.717. The summed E-state index contributed by atoms with van der Waals surface area (Å²) in [5, 5.41) is 12.4. The molecule has 1 aliphatic rings. The Kier molecular flexibility index (Phi) is 5.38. The summed E-state index contributed by atoms with van der Waals surface area (Å²) in [5.41, 5.74) is 2.65. The summed E-state index contributed by atoms with van der Waals surface area (Å²) >= 11 is 6.12. The van der Waals surface area contributed by atoms with Crippen LogP contribution in [-0.4, -0.2) is 25.9 Å². The summed E-state index contributed by atoms with van der Waals surface area (Å²) in [6.45, 7) is 0.612. The Morgan fingerprint density at radius 3 is 2.45 bits per heavy atom. The molecule has 4 aromatic rings. The smallest absolute Gasteiger partial charge is 0.345 e. The van der Waals surface area contributed by atoms with E-state index in [1.807, 2.05) is 24.3 Å². The quantitative estimate of drug-likeness (QED) is 0.413. The van der Waals surface area contributed by atoms with E-state index in [2.05, 4.69) is 4.90 Å². The van der Waals surface area contributed by atoms with Crippen molar-refractivity contribution in [3.63, 3.8) is 0 Å². The number of nitrogens with zero attached hydrogens (tertiary/aromatic N) is 1. The van der Waals surface area contributed by atoms with Gasteiger partial charge in [-0.1, -0.05) is 23.7 Å². The third-order valence-electron chi connectivity index (χ3n) is 6.13. The van der Waals surface area contributed by atoms with Gasteiger partial charge in [0.1, 0.15) is 16.9 Å². The van der Waals surface area contributed by atoms with Gasteiger partial charge in [-0.05, 0) is 66.1 Å². The maximum absolute atomic E-state index is 13.2. The molecule has 1 aliphatic heterocycles. The maximum atomic E-state index is 13.2. The van der Waals surface area contributed by atoms with Gasteiger partial charge in [0.25, 0.3) is 0 Å². The lowest BCUT2D eigenvalue weighted by molar-refractivity contribution is 0.353. The van der Waals surface area contributed by atoms with Gasteiger partial charge in [0.2, 0.25) is 0 Å². The van der Waals surface area contributed by atoms with Crippen LogP contribution in [0.15, 0.2) is 69.9 Å². The van der Waals surface area contributed by atoms with Crippen molar-refractivity contribution in [1.82, 2.24) is 0 Å². The minimum Gasteiger partial charge on any atom is -0.507 e. The monoisotopic (exact) mass is 463 g/mol. The lowest BCUT2D eigenvalue weighted by Crippen LogP contribution is -2.38. The molecule has 2 heterocycles. The predicted molar refractivity (Wildman–Crippen MR) is 128 cm³/mol. The molecule has 7 heteroatoms. The number of benzene rings is 3. The van der Waals surface area contributed by atoms with Crippen LogP contribution < -0.4 is 20.0 Å². The minimum absolute atomic E-state index is 0.0894. The van der Waals surface area contributed by atoms with E-state index >= 15 is 0 Å². The number of para-hydroxylation sites is 1. The van der Waals surface area contributed by atoms with Crippen molar-refractivity contribution < 1.29 is 19.0 Å². The average molecular weight is 464 g/mol. The van der Waals surface area contributed by atoms with Crippen LogP contribution in [0, 0.1) is 0 Å². The Balaban J connectivity index is 1.80. The molecule has 3 aromatic carbocycles. The zero-order valence-corrected chi connectivity index (χ0v) is 18.9. The number of rotatable bonds is 4. The minimum atomic E-state index is -0.601. The lowest BCUT2D eigenvalue weighted by atomic mass is 9.87. The zero-order chi connectivity index (χ0) is 23.1. The van der Waals surface area contributed by atoms with Crippen LogP contribution in [0.1, 0.15) is 22.7 Å². The number of anilines is 1. The van der Waals surface area contributed by atoms with Gasteiger partial charge in [0.05, 0.1) is 25.6 Å². The molecule has 1 N–H and O–H groups in total. The van der Waals surface area contributed by atoms with Crippen molar-refractivity contribution in [2.75, 3.05) is 25.7 Å². The Bertz CT molecular complexity index is 1400. The second-order valence-corrected chi connectivity index (χ2v) is 8.31. The third kappa shape index (κ3) is 3.56. The van der Waals surface area contributed by atoms with Crippen LogP contribution in [0.2, 0.25) is 5.02 Å². The van der Waals surface area contributed by atoms with Crippen LogP contribution in [-0.2, 0) is 6.42 Å². The Hall–Kier alpha value is -3.64. The molecular weight excluding hydrogens is 442 g/mol. The summed E-state index contributed by atoms with van der Waals surface area (Å²) in [4.78, 5) is 15.3. The molecule has 1 atom stereocenters. The van der Waals surface area contributed by atoms with Crippen LogP contribution in [0.5, 0.6) is 17.2 Å². The second-order valence-electron chi connectivity index (χ2n) is 7.88. The fourth-order valence-electron chi connectivity index (χ4n) is 4.56. The number of halogens is 1. The van der Waals surface area contributed by atoms with Gasteiger partial charge in [-0.15, -0.1) is 0 Å². The van der Waals surface area contributed by atoms with Crippen molar-refractivity contribution in [3.05, 3.63) is 92.8 Å². The predicted octanol–water partition coefficient (Wildman–Crippen LogP) is 5.32. The van der Waals surface area contributed by atoms with Gasteiger partial charge >= 0.3 is 5.63 Å². The lowest BCUT2D eigenvalue weighted by Gasteiger charge is -2.39. The maximum Gasteiger partial charge on any atom is 0.345 e. The fraction of sp³-hybridized carbons (Fsp3) is 0.192. The molecule has 0 saturated heterocycles. The molecule has 0 radical (unpaired) electrons. The Morgan fingerprint density at radius 2 is 1.73 bits per heavy atom. The van der Waals surface area contributed by atoms with Crippen molar-refractivity contribution in [3.8, 4) is 17.2 Å². The Labute approximate surface area is 195 Å². The zero-order valence-electron chi connectivity index (χ0n) is 18.2. The van der Waals surface area contributed by atoms with Crippen LogP contribution in [0.25, 0.3) is 11.0 Å². The fourth-order valence-corrected chi connectivity index (χ4v) is 4.68. The highest BCUT2D eigenvalue weighted by Crippen LogP contribution is 2.45. The number of aromatic hydroxyl groups is 1. The second kappa shape index (κ2) is 8.37. The van der Waals surface area contributed by atoms with Crippen LogP contribution in [0.3, 0.4) is 0 Å². The largest absolute Gasteiger partial charge is 0.507 e. The van der Waals surface area contributed by atoms with E-state index in [-0.39, 0.29) is 11.3 Å². The molecule has 0 spiro atoms. The van der Waals surface area contributed by atoms with Gasteiger partial charge in [0, 0.05) is 17.3 Å². The number of ether oxygens (including phenoxy) is 2. The highest BCUT2D eigenvalue weighted by atomic mass is 35.5. The van der Waals surface area contributed by atoms with Crippen LogP contribution >= 0.6 is 11.6 Å². The molecule has 168 valence electrons. The molecule has 0 fully saturated rings. The summed E-state index contributed by atoms with van der Waals surface area (Å²) in [5.74, 6) is 1.07. The van der Waals surface area contributed by atoms with E-state index in [0.717, 1.165) is 16.8 Å². The van der Waals surface area contributed by atoms with Gasteiger partial charge in [-0.25, -0.2) is 4.79 Å². The van der Waals surface area contributed by atoms with E-state index in [0.29, 0.717) is 40.5 Å². The van der Waals surface area contributed by atoms with E-state index in [1.54, 1.807) is 50.6 Å². The molecule has 5 rings (SSSR count). The van der Waals surface area contributed by atoms with Crippen molar-refractivity contribution in [1.29, 1.82) is 0 Å². The normalized spacial score (nSPS) is 15.4. The van der Waals surface area contributed by atoms with Gasteiger partial charge < -0.3 is 23.9 Å². The standard InChI is InChI=1S/C26H22ClNO5/c1-31-21-13-15-11-12-28(17-9-7-16(27)8-10-17)24(19(15)14-22(21)32-2)23-25(29)18-5-3-4-6-20(18)33-26(23)30/h3-10,13-14,24,29H,11-12H2,1-2H3. The summed E-state index contributed by atoms with van der Waals surface area (Å²) in [7, 11) is 3.16. The van der Waals surface area contributed by atoms with Crippen LogP contribution in [0.4, 0.5) is 5.69 Å². The molecule has 33 heavy (non-hydrogen) atoms. The first kappa shape index (κ1) is 21.2. The van der Waals surface area contributed by atoms with Gasteiger partial charge in [-0.3, -0.25) is 0 Å². The average Bonchev–Trinajstić information content (AvgIpc) is 2.83. The molecule has 0 saturated carbocycles. The molecule has 0 amide bonds. The molecule has 6 nitrogen and oxygen atoms in total. The first-order valence-electron chi connectivity index (χ1n) is 10.5. The van der Waals surface area contributed by atoms with Gasteiger partial charge in [0.15, 0.2) is 11.5 Å². The number of methoxy groups -OCH3 is 2. The number of fused-ring (bicyclic) bond motifs is 2. The molecule has 1 aromatic heterocycles. The van der Waals surface area contributed by atoms with E-state index in [9.17, 15) is 9.90 Å². The third-order valence-corrected chi connectivity index (χ3v) is 6.38.